The van der Waals surface area contributed by atoms with Crippen LogP contribution in [0.2, 0.25) is 0 Å². The Morgan fingerprint density at radius 3 is 2.76 bits per heavy atom. The van der Waals surface area contributed by atoms with Gasteiger partial charge in [0, 0.05) is 5.39 Å². The second kappa shape index (κ2) is 5.74. The molecule has 0 radical (unpaired) electrons. The number of halogens is 1. The molecule has 3 nitrogen and oxygen atoms in total. The van der Waals surface area contributed by atoms with Crippen LogP contribution in [-0.2, 0) is 6.61 Å². The van der Waals surface area contributed by atoms with Gasteiger partial charge in [-0.15, -0.1) is 0 Å². The fourth-order valence-corrected chi connectivity index (χ4v) is 2.69. The molecule has 0 saturated heterocycles. The van der Waals surface area contributed by atoms with Crippen LogP contribution >= 0.6 is 15.9 Å². The summed E-state index contributed by atoms with van der Waals surface area (Å²) in [6, 6.07) is 15.0. The lowest BCUT2D eigenvalue weighted by Gasteiger charge is -2.08. The van der Waals surface area contributed by atoms with Crippen molar-refractivity contribution in [1.29, 1.82) is 0 Å². The van der Waals surface area contributed by atoms with Gasteiger partial charge < -0.3 is 9.15 Å². The van der Waals surface area contributed by atoms with Crippen LogP contribution in [0.3, 0.4) is 0 Å². The Balaban J connectivity index is 1.88. The molecule has 106 valence electrons. The van der Waals surface area contributed by atoms with Gasteiger partial charge in [-0.05, 0) is 52.7 Å². The molecule has 0 fully saturated rings. The Labute approximate surface area is 130 Å². The maximum Gasteiger partial charge on any atom is 0.342 e. The number of fused-ring (bicyclic) bond motifs is 1. The maximum absolute atomic E-state index is 11.9. The van der Waals surface area contributed by atoms with Crippen molar-refractivity contribution in [2.45, 2.75) is 13.5 Å². The van der Waals surface area contributed by atoms with Gasteiger partial charge in [0.05, 0.1) is 10.0 Å². The zero-order chi connectivity index (χ0) is 14.8. The SMILES string of the molecule is Cc1ccc(OCc2cc3ccccc3oc2=O)c(Br)c1. The second-order valence-corrected chi connectivity index (χ2v) is 5.67. The topological polar surface area (TPSA) is 39.4 Å². The molecule has 0 aliphatic heterocycles. The summed E-state index contributed by atoms with van der Waals surface area (Å²) in [7, 11) is 0. The largest absolute Gasteiger partial charge is 0.487 e. The molecule has 0 bridgehead atoms. The monoisotopic (exact) mass is 344 g/mol. The Morgan fingerprint density at radius 1 is 1.14 bits per heavy atom. The summed E-state index contributed by atoms with van der Waals surface area (Å²) in [5.74, 6) is 0.702. The number of ether oxygens (including phenoxy) is 1. The van der Waals surface area contributed by atoms with E-state index in [1.165, 1.54) is 0 Å². The van der Waals surface area contributed by atoms with Crippen LogP contribution in [-0.4, -0.2) is 0 Å². The van der Waals surface area contributed by atoms with Crippen molar-refractivity contribution in [2.24, 2.45) is 0 Å². The van der Waals surface area contributed by atoms with Gasteiger partial charge in [-0.2, -0.15) is 0 Å². The smallest absolute Gasteiger partial charge is 0.342 e. The fraction of sp³-hybridized carbons (Fsp3) is 0.118. The Kier molecular flexibility index (Phi) is 3.80. The highest BCUT2D eigenvalue weighted by atomic mass is 79.9. The van der Waals surface area contributed by atoms with E-state index < -0.39 is 0 Å². The van der Waals surface area contributed by atoms with Crippen molar-refractivity contribution in [3.63, 3.8) is 0 Å². The first-order valence-electron chi connectivity index (χ1n) is 6.54. The minimum absolute atomic E-state index is 0.175. The van der Waals surface area contributed by atoms with Crippen LogP contribution in [0.25, 0.3) is 11.0 Å². The number of rotatable bonds is 3. The van der Waals surface area contributed by atoms with Crippen molar-refractivity contribution >= 4 is 26.9 Å². The van der Waals surface area contributed by atoms with Gasteiger partial charge in [0.1, 0.15) is 17.9 Å². The van der Waals surface area contributed by atoms with Gasteiger partial charge in [0.25, 0.3) is 0 Å². The lowest BCUT2D eigenvalue weighted by Crippen LogP contribution is -2.10. The highest BCUT2D eigenvalue weighted by Crippen LogP contribution is 2.26. The number of hydrogen-bond donors (Lipinski definition) is 0. The molecule has 2 aromatic carbocycles. The van der Waals surface area contributed by atoms with E-state index in [1.54, 1.807) is 6.07 Å². The number of hydrogen-bond acceptors (Lipinski definition) is 3. The minimum Gasteiger partial charge on any atom is -0.487 e. The molecule has 21 heavy (non-hydrogen) atoms. The first-order chi connectivity index (χ1) is 10.1. The van der Waals surface area contributed by atoms with E-state index in [9.17, 15) is 4.79 Å². The third kappa shape index (κ3) is 3.00. The molecule has 0 N–H and O–H groups in total. The van der Waals surface area contributed by atoms with Crippen molar-refractivity contribution in [3.8, 4) is 5.75 Å². The van der Waals surface area contributed by atoms with Crippen molar-refractivity contribution in [3.05, 3.63) is 74.6 Å². The standard InChI is InChI=1S/C17H13BrO3/c1-11-6-7-16(14(18)8-11)20-10-13-9-12-4-2-3-5-15(12)21-17(13)19/h2-9H,10H2,1H3. The average Bonchev–Trinajstić information content (AvgIpc) is 2.46. The molecular weight excluding hydrogens is 332 g/mol. The Hall–Kier alpha value is -2.07. The molecule has 4 heteroatoms. The van der Waals surface area contributed by atoms with Crippen LogP contribution in [0.4, 0.5) is 0 Å². The van der Waals surface area contributed by atoms with E-state index in [1.807, 2.05) is 49.4 Å². The Bertz CT molecular complexity index is 852. The average molecular weight is 345 g/mol. The first kappa shape index (κ1) is 13.9. The molecular formula is C17H13BrO3. The maximum atomic E-state index is 11.9. The molecule has 3 aromatic rings. The van der Waals surface area contributed by atoms with Gasteiger partial charge in [0.2, 0.25) is 0 Å². The molecule has 1 aromatic heterocycles. The molecule has 0 spiro atoms. The molecule has 0 aliphatic rings. The molecule has 0 aliphatic carbocycles. The molecule has 0 amide bonds. The van der Waals surface area contributed by atoms with Gasteiger partial charge in [-0.1, -0.05) is 24.3 Å². The van der Waals surface area contributed by atoms with Gasteiger partial charge in [-0.3, -0.25) is 0 Å². The lowest BCUT2D eigenvalue weighted by atomic mass is 10.2. The van der Waals surface area contributed by atoms with E-state index in [2.05, 4.69) is 15.9 Å². The van der Waals surface area contributed by atoms with E-state index in [0.29, 0.717) is 16.9 Å². The van der Waals surface area contributed by atoms with Crippen LogP contribution < -0.4 is 10.4 Å². The summed E-state index contributed by atoms with van der Waals surface area (Å²) in [5, 5.41) is 0.888. The number of para-hydroxylation sites is 1. The molecule has 3 rings (SSSR count). The van der Waals surface area contributed by atoms with Gasteiger partial charge in [0.15, 0.2) is 0 Å². The summed E-state index contributed by atoms with van der Waals surface area (Å²) < 4.78 is 11.9. The van der Waals surface area contributed by atoms with Gasteiger partial charge in [-0.25, -0.2) is 4.79 Å². The molecule has 1 heterocycles. The summed E-state index contributed by atoms with van der Waals surface area (Å²) in [6.07, 6.45) is 0. The Morgan fingerprint density at radius 2 is 1.95 bits per heavy atom. The number of benzene rings is 2. The molecule has 0 saturated carbocycles. The van der Waals surface area contributed by atoms with Crippen molar-refractivity contribution in [2.75, 3.05) is 0 Å². The molecule has 0 unspecified atom stereocenters. The lowest BCUT2D eigenvalue weighted by molar-refractivity contribution is 0.298. The van der Waals surface area contributed by atoms with Crippen LogP contribution in [0.15, 0.2) is 62.2 Å². The summed E-state index contributed by atoms with van der Waals surface area (Å²) in [5.41, 5.74) is 1.86. The zero-order valence-corrected chi connectivity index (χ0v) is 13.0. The minimum atomic E-state index is -0.364. The van der Waals surface area contributed by atoms with Crippen molar-refractivity contribution < 1.29 is 9.15 Å². The normalized spacial score (nSPS) is 10.8. The van der Waals surface area contributed by atoms with E-state index in [-0.39, 0.29) is 12.2 Å². The summed E-state index contributed by atoms with van der Waals surface area (Å²) >= 11 is 3.45. The predicted octanol–water partition coefficient (Wildman–Crippen LogP) is 4.44. The predicted molar refractivity (Wildman–Crippen MR) is 85.7 cm³/mol. The molecule has 0 atom stereocenters. The third-order valence-electron chi connectivity index (χ3n) is 3.18. The quantitative estimate of drug-likeness (QED) is 0.659. The number of aryl methyl sites for hydroxylation is 1. The first-order valence-corrected chi connectivity index (χ1v) is 7.33. The summed E-state index contributed by atoms with van der Waals surface area (Å²) in [4.78, 5) is 11.9. The van der Waals surface area contributed by atoms with E-state index in [4.69, 9.17) is 9.15 Å². The second-order valence-electron chi connectivity index (χ2n) is 4.82. The van der Waals surface area contributed by atoms with Crippen LogP contribution in [0, 0.1) is 6.92 Å². The van der Waals surface area contributed by atoms with Crippen molar-refractivity contribution in [1.82, 2.24) is 0 Å². The highest BCUT2D eigenvalue weighted by molar-refractivity contribution is 9.10. The summed E-state index contributed by atoms with van der Waals surface area (Å²) in [6.45, 7) is 2.18. The van der Waals surface area contributed by atoms with Gasteiger partial charge >= 0.3 is 5.63 Å². The fourth-order valence-electron chi connectivity index (χ4n) is 2.08. The van der Waals surface area contributed by atoms with E-state index >= 15 is 0 Å². The third-order valence-corrected chi connectivity index (χ3v) is 3.80. The van der Waals surface area contributed by atoms with Crippen LogP contribution in [0.5, 0.6) is 5.75 Å². The van der Waals surface area contributed by atoms with Crippen LogP contribution in [0.1, 0.15) is 11.1 Å². The van der Waals surface area contributed by atoms with E-state index in [0.717, 1.165) is 15.4 Å². The zero-order valence-electron chi connectivity index (χ0n) is 11.4. The highest BCUT2D eigenvalue weighted by Gasteiger charge is 2.07.